The molecule has 110 valence electrons. The van der Waals surface area contributed by atoms with Gasteiger partial charge in [-0.3, -0.25) is 4.79 Å². The van der Waals surface area contributed by atoms with E-state index in [4.69, 9.17) is 16.3 Å². The fourth-order valence-electron chi connectivity index (χ4n) is 1.64. The van der Waals surface area contributed by atoms with E-state index in [1.165, 1.54) is 0 Å². The van der Waals surface area contributed by atoms with E-state index in [1.807, 2.05) is 30.3 Å². The minimum atomic E-state index is -0.676. The summed E-state index contributed by atoms with van der Waals surface area (Å²) in [7, 11) is 0. The molecule has 1 aromatic carbocycles. The number of alkyl halides is 1. The second-order valence-electron chi connectivity index (χ2n) is 5.49. The molecule has 0 saturated carbocycles. The molecule has 0 saturated heterocycles. The number of hydrogen-bond acceptors (Lipinski definition) is 3. The Morgan fingerprint density at radius 1 is 1.25 bits per heavy atom. The Hall–Kier alpha value is -1.55. The molecule has 1 atom stereocenters. The van der Waals surface area contributed by atoms with Gasteiger partial charge in [0.2, 0.25) is 0 Å². The Morgan fingerprint density at radius 3 is 2.35 bits per heavy atom. The van der Waals surface area contributed by atoms with Crippen LogP contribution in [0, 0.1) is 0 Å². The second kappa shape index (κ2) is 7.29. The number of rotatable bonds is 5. The minimum absolute atomic E-state index is 0.146. The largest absolute Gasteiger partial charge is 0.444 e. The number of halogens is 1. The predicted molar refractivity (Wildman–Crippen MR) is 79.0 cm³/mol. The van der Waals surface area contributed by atoms with Gasteiger partial charge in [0.15, 0.2) is 5.78 Å². The number of ether oxygens (including phenoxy) is 1. The molecule has 4 nitrogen and oxygen atoms in total. The Morgan fingerprint density at radius 2 is 1.85 bits per heavy atom. The lowest BCUT2D eigenvalue weighted by Gasteiger charge is -2.22. The minimum Gasteiger partial charge on any atom is -0.444 e. The van der Waals surface area contributed by atoms with E-state index >= 15 is 0 Å². The first-order valence-corrected chi connectivity index (χ1v) is 6.97. The van der Waals surface area contributed by atoms with Crippen LogP contribution in [0.4, 0.5) is 4.79 Å². The lowest BCUT2D eigenvalue weighted by atomic mass is 10.0. The van der Waals surface area contributed by atoms with E-state index < -0.39 is 17.7 Å². The highest BCUT2D eigenvalue weighted by Gasteiger charge is 2.23. The van der Waals surface area contributed by atoms with Gasteiger partial charge in [0.05, 0.1) is 11.9 Å². The van der Waals surface area contributed by atoms with Crippen molar-refractivity contribution in [3.8, 4) is 0 Å². The zero-order valence-corrected chi connectivity index (χ0v) is 12.7. The summed E-state index contributed by atoms with van der Waals surface area (Å²) in [6.45, 7) is 5.30. The average molecular weight is 298 g/mol. The first-order chi connectivity index (χ1) is 9.31. The molecule has 20 heavy (non-hydrogen) atoms. The molecule has 0 spiro atoms. The van der Waals surface area contributed by atoms with E-state index in [0.717, 1.165) is 5.56 Å². The molecule has 1 rings (SSSR count). The molecule has 0 aliphatic carbocycles. The van der Waals surface area contributed by atoms with Gasteiger partial charge in [-0.2, -0.15) is 0 Å². The van der Waals surface area contributed by atoms with E-state index in [-0.39, 0.29) is 11.7 Å². The third-order valence-electron chi connectivity index (χ3n) is 2.49. The summed E-state index contributed by atoms with van der Waals surface area (Å²) < 4.78 is 5.16. The van der Waals surface area contributed by atoms with Crippen molar-refractivity contribution in [3.05, 3.63) is 35.9 Å². The summed E-state index contributed by atoms with van der Waals surface area (Å²) in [6, 6.07) is 8.76. The predicted octanol–water partition coefficient (Wildman–Crippen LogP) is 2.93. The molecule has 1 amide bonds. The maximum Gasteiger partial charge on any atom is 0.408 e. The van der Waals surface area contributed by atoms with Crippen molar-refractivity contribution >= 4 is 23.5 Å². The van der Waals surface area contributed by atoms with Crippen molar-refractivity contribution in [2.24, 2.45) is 0 Å². The molecule has 0 fully saturated rings. The van der Waals surface area contributed by atoms with Crippen LogP contribution in [0.2, 0.25) is 0 Å². The highest BCUT2D eigenvalue weighted by atomic mass is 35.5. The van der Waals surface area contributed by atoms with Crippen LogP contribution in [0.15, 0.2) is 30.3 Å². The Balaban J connectivity index is 2.70. The number of amides is 1. The lowest BCUT2D eigenvalue weighted by Crippen LogP contribution is -2.45. The molecule has 0 radical (unpaired) electrons. The number of carbonyl (C=O) groups excluding carboxylic acids is 2. The first kappa shape index (κ1) is 16.5. The number of Topliss-reactive ketones (excluding diaryl/α,β-unsaturated/α-hetero) is 1. The Kier molecular flexibility index (Phi) is 6.02. The highest BCUT2D eigenvalue weighted by Crippen LogP contribution is 2.09. The summed E-state index contributed by atoms with van der Waals surface area (Å²) in [4.78, 5) is 23.6. The summed E-state index contributed by atoms with van der Waals surface area (Å²) >= 11 is 5.59. The van der Waals surface area contributed by atoms with Crippen LogP contribution in [-0.4, -0.2) is 29.4 Å². The molecule has 1 N–H and O–H groups in total. The highest BCUT2D eigenvalue weighted by molar-refractivity contribution is 6.28. The van der Waals surface area contributed by atoms with Gasteiger partial charge in [0.1, 0.15) is 5.60 Å². The monoisotopic (exact) mass is 297 g/mol. The number of hydrogen-bond donors (Lipinski definition) is 1. The van der Waals surface area contributed by atoms with Crippen LogP contribution in [0.5, 0.6) is 0 Å². The average Bonchev–Trinajstić information content (AvgIpc) is 2.36. The van der Waals surface area contributed by atoms with Gasteiger partial charge in [-0.15, -0.1) is 11.6 Å². The molecule has 0 aliphatic heterocycles. The third-order valence-corrected chi connectivity index (χ3v) is 2.76. The van der Waals surface area contributed by atoms with Crippen LogP contribution in [0.1, 0.15) is 26.3 Å². The van der Waals surface area contributed by atoms with Crippen LogP contribution in [0.3, 0.4) is 0 Å². The van der Waals surface area contributed by atoms with Crippen molar-refractivity contribution in [2.75, 3.05) is 5.88 Å². The molecule has 0 aliphatic rings. The van der Waals surface area contributed by atoms with Crippen molar-refractivity contribution in [2.45, 2.75) is 38.8 Å². The molecular formula is C15H20ClNO3. The molecule has 0 aromatic heterocycles. The third kappa shape index (κ3) is 6.06. The summed E-state index contributed by atoms with van der Waals surface area (Å²) in [5.74, 6) is -0.380. The zero-order chi connectivity index (χ0) is 15.2. The van der Waals surface area contributed by atoms with E-state index in [1.54, 1.807) is 20.8 Å². The fourth-order valence-corrected chi connectivity index (χ4v) is 1.82. The number of alkyl carbamates (subject to hydrolysis) is 1. The van der Waals surface area contributed by atoms with Gasteiger partial charge < -0.3 is 10.1 Å². The van der Waals surface area contributed by atoms with Crippen molar-refractivity contribution in [3.63, 3.8) is 0 Å². The number of benzene rings is 1. The van der Waals surface area contributed by atoms with Crippen molar-refractivity contribution in [1.29, 1.82) is 0 Å². The first-order valence-electron chi connectivity index (χ1n) is 6.44. The van der Waals surface area contributed by atoms with E-state index in [2.05, 4.69) is 5.32 Å². The number of ketones is 1. The quantitative estimate of drug-likeness (QED) is 0.850. The van der Waals surface area contributed by atoms with Gasteiger partial charge in [-0.25, -0.2) is 4.79 Å². The van der Waals surface area contributed by atoms with Gasteiger partial charge in [-0.05, 0) is 32.8 Å². The Bertz CT molecular complexity index is 454. The van der Waals surface area contributed by atoms with Crippen molar-refractivity contribution in [1.82, 2.24) is 5.32 Å². The van der Waals surface area contributed by atoms with E-state index in [0.29, 0.717) is 6.42 Å². The Labute approximate surface area is 124 Å². The van der Waals surface area contributed by atoms with Crippen LogP contribution in [-0.2, 0) is 16.0 Å². The summed E-state index contributed by atoms with van der Waals surface area (Å²) in [5.41, 5.74) is 0.345. The molecule has 0 heterocycles. The molecule has 1 aromatic rings. The topological polar surface area (TPSA) is 55.4 Å². The summed E-state index contributed by atoms with van der Waals surface area (Å²) in [5, 5.41) is 2.58. The van der Waals surface area contributed by atoms with Gasteiger partial charge in [0, 0.05) is 0 Å². The number of nitrogens with one attached hydrogen (secondary N) is 1. The molecule has 0 bridgehead atoms. The molecular weight excluding hydrogens is 278 g/mol. The smallest absolute Gasteiger partial charge is 0.408 e. The summed E-state index contributed by atoms with van der Waals surface area (Å²) in [6.07, 6.45) is -0.220. The number of carbonyl (C=O) groups is 2. The van der Waals surface area contributed by atoms with E-state index in [9.17, 15) is 9.59 Å². The van der Waals surface area contributed by atoms with Gasteiger partial charge in [0.25, 0.3) is 0 Å². The molecule has 1 unspecified atom stereocenters. The fraction of sp³-hybridized carbons (Fsp3) is 0.467. The second-order valence-corrected chi connectivity index (χ2v) is 5.76. The van der Waals surface area contributed by atoms with Gasteiger partial charge in [-0.1, -0.05) is 30.3 Å². The van der Waals surface area contributed by atoms with Crippen LogP contribution >= 0.6 is 11.6 Å². The lowest BCUT2D eigenvalue weighted by molar-refractivity contribution is -0.118. The standard InChI is InChI=1S/C15H20ClNO3/c1-15(2,3)20-14(19)17-12(13(18)10-16)9-11-7-5-4-6-8-11/h4-8,12H,9-10H2,1-3H3,(H,17,19). The van der Waals surface area contributed by atoms with Crippen molar-refractivity contribution < 1.29 is 14.3 Å². The maximum atomic E-state index is 11.8. The normalized spacial score (nSPS) is 12.6. The molecule has 5 heteroatoms. The SMILES string of the molecule is CC(C)(C)OC(=O)NC(Cc1ccccc1)C(=O)CCl. The van der Waals surface area contributed by atoms with Crippen LogP contribution < -0.4 is 5.32 Å². The van der Waals surface area contributed by atoms with Gasteiger partial charge >= 0.3 is 6.09 Å². The maximum absolute atomic E-state index is 11.8. The zero-order valence-electron chi connectivity index (χ0n) is 12.0. The van der Waals surface area contributed by atoms with Crippen LogP contribution in [0.25, 0.3) is 0 Å².